The van der Waals surface area contributed by atoms with E-state index in [1.165, 1.54) is 5.56 Å². The van der Waals surface area contributed by atoms with E-state index in [4.69, 9.17) is 10.5 Å². The number of hydrogen-bond donors (Lipinski definition) is 2. The van der Waals surface area contributed by atoms with Crippen molar-refractivity contribution in [3.05, 3.63) is 65.2 Å². The molecule has 26 heavy (non-hydrogen) atoms. The van der Waals surface area contributed by atoms with Crippen molar-refractivity contribution in [3.8, 4) is 0 Å². The van der Waals surface area contributed by atoms with Crippen molar-refractivity contribution in [2.24, 2.45) is 0 Å². The number of morpholine rings is 1. The number of carbonyl (C=O) groups is 1. The molecule has 5 nitrogen and oxygen atoms in total. The van der Waals surface area contributed by atoms with Crippen LogP contribution in [0, 0.1) is 0 Å². The maximum Gasteiger partial charge on any atom is 0.224 e. The zero-order valence-corrected chi connectivity index (χ0v) is 15.6. The summed E-state index contributed by atoms with van der Waals surface area (Å²) >= 11 is 0. The van der Waals surface area contributed by atoms with E-state index in [0.717, 1.165) is 44.0 Å². The highest BCUT2D eigenvalue weighted by Crippen LogP contribution is 2.13. The van der Waals surface area contributed by atoms with E-state index < -0.39 is 0 Å². The van der Waals surface area contributed by atoms with Crippen molar-refractivity contribution in [2.75, 3.05) is 32.0 Å². The van der Waals surface area contributed by atoms with E-state index in [1.54, 1.807) is 0 Å². The van der Waals surface area contributed by atoms with Gasteiger partial charge in [-0.05, 0) is 28.8 Å². The Morgan fingerprint density at radius 3 is 2.54 bits per heavy atom. The molecule has 1 aliphatic rings. The topological polar surface area (TPSA) is 67.6 Å². The monoisotopic (exact) mass is 375 g/mol. The summed E-state index contributed by atoms with van der Waals surface area (Å²) in [4.78, 5) is 14.6. The molecule has 6 heteroatoms. The van der Waals surface area contributed by atoms with Crippen LogP contribution in [0.2, 0.25) is 0 Å². The third-order valence-electron chi connectivity index (χ3n) is 4.41. The number of anilines is 1. The van der Waals surface area contributed by atoms with Gasteiger partial charge in [0, 0.05) is 31.9 Å². The summed E-state index contributed by atoms with van der Waals surface area (Å²) in [7, 11) is 0. The SMILES string of the molecule is Cl.Nc1cccc(CC(=O)NCc2ccccc2CN2CCOCC2)c1. The van der Waals surface area contributed by atoms with Crippen LogP contribution in [0.1, 0.15) is 16.7 Å². The fourth-order valence-electron chi connectivity index (χ4n) is 3.03. The quantitative estimate of drug-likeness (QED) is 0.761. The highest BCUT2D eigenvalue weighted by atomic mass is 35.5. The molecule has 0 aliphatic carbocycles. The number of nitrogens with one attached hydrogen (secondary N) is 1. The molecule has 0 unspecified atom stereocenters. The second-order valence-corrected chi connectivity index (χ2v) is 6.36. The minimum absolute atomic E-state index is 0. The molecular formula is C20H26ClN3O2. The molecule has 3 rings (SSSR count). The van der Waals surface area contributed by atoms with Gasteiger partial charge in [0.25, 0.3) is 0 Å². The van der Waals surface area contributed by atoms with Gasteiger partial charge < -0.3 is 15.8 Å². The zero-order chi connectivity index (χ0) is 17.5. The van der Waals surface area contributed by atoms with Gasteiger partial charge in [0.1, 0.15) is 0 Å². The van der Waals surface area contributed by atoms with Gasteiger partial charge >= 0.3 is 0 Å². The summed E-state index contributed by atoms with van der Waals surface area (Å²) in [6.07, 6.45) is 0.344. The van der Waals surface area contributed by atoms with E-state index in [1.807, 2.05) is 36.4 Å². The number of amides is 1. The van der Waals surface area contributed by atoms with Crippen LogP contribution in [0.25, 0.3) is 0 Å². The lowest BCUT2D eigenvalue weighted by Crippen LogP contribution is -2.36. The lowest BCUT2D eigenvalue weighted by molar-refractivity contribution is -0.120. The predicted octanol–water partition coefficient (Wildman–Crippen LogP) is 2.38. The molecule has 1 aliphatic heterocycles. The first-order valence-corrected chi connectivity index (χ1v) is 8.69. The Hall–Kier alpha value is -2.08. The second kappa shape index (κ2) is 10.2. The van der Waals surface area contributed by atoms with Crippen molar-refractivity contribution < 1.29 is 9.53 Å². The van der Waals surface area contributed by atoms with Gasteiger partial charge in [0.2, 0.25) is 5.91 Å². The molecule has 3 N–H and O–H groups in total. The number of ether oxygens (including phenoxy) is 1. The van der Waals surface area contributed by atoms with Gasteiger partial charge in [-0.25, -0.2) is 0 Å². The fourth-order valence-corrected chi connectivity index (χ4v) is 3.03. The van der Waals surface area contributed by atoms with Crippen molar-refractivity contribution >= 4 is 24.0 Å². The van der Waals surface area contributed by atoms with E-state index in [-0.39, 0.29) is 18.3 Å². The molecular weight excluding hydrogens is 350 g/mol. The van der Waals surface area contributed by atoms with Crippen LogP contribution in [0.4, 0.5) is 5.69 Å². The van der Waals surface area contributed by atoms with Crippen LogP contribution in [0.3, 0.4) is 0 Å². The fraction of sp³-hybridized carbons (Fsp3) is 0.350. The molecule has 140 valence electrons. The molecule has 0 saturated carbocycles. The Bertz CT molecular complexity index is 718. The van der Waals surface area contributed by atoms with Crippen molar-refractivity contribution in [3.63, 3.8) is 0 Å². The summed E-state index contributed by atoms with van der Waals surface area (Å²) in [5.41, 5.74) is 9.79. The van der Waals surface area contributed by atoms with Crippen LogP contribution in [0.15, 0.2) is 48.5 Å². The number of nitrogens with zero attached hydrogens (tertiary/aromatic N) is 1. The third-order valence-corrected chi connectivity index (χ3v) is 4.41. The number of nitrogens with two attached hydrogens (primary N) is 1. The Morgan fingerprint density at radius 2 is 1.81 bits per heavy atom. The highest BCUT2D eigenvalue weighted by molar-refractivity contribution is 5.85. The second-order valence-electron chi connectivity index (χ2n) is 6.36. The Kier molecular flexibility index (Phi) is 7.91. The number of rotatable bonds is 6. The first-order valence-electron chi connectivity index (χ1n) is 8.69. The van der Waals surface area contributed by atoms with E-state index >= 15 is 0 Å². The first-order chi connectivity index (χ1) is 12.2. The lowest BCUT2D eigenvalue weighted by Gasteiger charge is -2.27. The maximum atomic E-state index is 12.2. The first kappa shape index (κ1) is 20.2. The average molecular weight is 376 g/mol. The minimum Gasteiger partial charge on any atom is -0.399 e. The largest absolute Gasteiger partial charge is 0.399 e. The van der Waals surface area contributed by atoms with Crippen LogP contribution >= 0.6 is 12.4 Å². The Labute approximate surface area is 160 Å². The number of hydrogen-bond acceptors (Lipinski definition) is 4. The van der Waals surface area contributed by atoms with Crippen molar-refractivity contribution in [2.45, 2.75) is 19.5 Å². The summed E-state index contributed by atoms with van der Waals surface area (Å²) < 4.78 is 5.40. The number of halogens is 1. The van der Waals surface area contributed by atoms with E-state index in [2.05, 4.69) is 22.3 Å². The van der Waals surface area contributed by atoms with Crippen LogP contribution in [0.5, 0.6) is 0 Å². The Balaban J connectivity index is 0.00000243. The molecule has 0 aromatic heterocycles. The normalized spacial score (nSPS) is 14.5. The molecule has 1 fully saturated rings. The minimum atomic E-state index is 0. The summed E-state index contributed by atoms with van der Waals surface area (Å²) in [5, 5.41) is 3.02. The molecule has 2 aromatic rings. The maximum absolute atomic E-state index is 12.2. The summed E-state index contributed by atoms with van der Waals surface area (Å²) in [6, 6.07) is 15.7. The number of carbonyl (C=O) groups excluding carboxylic acids is 1. The zero-order valence-electron chi connectivity index (χ0n) is 14.8. The molecule has 2 aromatic carbocycles. The summed E-state index contributed by atoms with van der Waals surface area (Å²) in [5.74, 6) is 0.00627. The van der Waals surface area contributed by atoms with Crippen LogP contribution in [-0.4, -0.2) is 37.1 Å². The number of nitrogen functional groups attached to an aromatic ring is 1. The molecule has 0 spiro atoms. The van der Waals surface area contributed by atoms with Gasteiger partial charge in [0.05, 0.1) is 19.6 Å². The molecule has 1 amide bonds. The average Bonchev–Trinajstić information content (AvgIpc) is 2.62. The molecule has 0 atom stereocenters. The van der Waals surface area contributed by atoms with Gasteiger partial charge in [0.15, 0.2) is 0 Å². The van der Waals surface area contributed by atoms with Crippen LogP contribution < -0.4 is 11.1 Å². The van der Waals surface area contributed by atoms with Crippen molar-refractivity contribution in [1.82, 2.24) is 10.2 Å². The van der Waals surface area contributed by atoms with Crippen molar-refractivity contribution in [1.29, 1.82) is 0 Å². The lowest BCUT2D eigenvalue weighted by atomic mass is 10.1. The smallest absolute Gasteiger partial charge is 0.224 e. The van der Waals surface area contributed by atoms with E-state index in [9.17, 15) is 4.79 Å². The van der Waals surface area contributed by atoms with Gasteiger partial charge in [-0.1, -0.05) is 36.4 Å². The van der Waals surface area contributed by atoms with Gasteiger partial charge in [-0.2, -0.15) is 0 Å². The van der Waals surface area contributed by atoms with Gasteiger partial charge in [-0.3, -0.25) is 9.69 Å². The highest BCUT2D eigenvalue weighted by Gasteiger charge is 2.13. The third kappa shape index (κ3) is 6.02. The molecule has 0 bridgehead atoms. The van der Waals surface area contributed by atoms with Crippen LogP contribution in [-0.2, 0) is 29.0 Å². The molecule has 0 radical (unpaired) electrons. The summed E-state index contributed by atoms with van der Waals surface area (Å²) in [6.45, 7) is 4.93. The van der Waals surface area contributed by atoms with Gasteiger partial charge in [-0.15, -0.1) is 12.4 Å². The van der Waals surface area contributed by atoms with E-state index in [0.29, 0.717) is 18.7 Å². The standard InChI is InChI=1S/C20H25N3O2.ClH/c21-19-7-3-4-16(12-19)13-20(24)22-14-17-5-1-2-6-18(17)15-23-8-10-25-11-9-23;/h1-7,12H,8-11,13-15,21H2,(H,22,24);1H. The number of benzene rings is 2. The Morgan fingerprint density at radius 1 is 1.08 bits per heavy atom. The molecule has 1 saturated heterocycles. The predicted molar refractivity (Wildman–Crippen MR) is 106 cm³/mol. The molecule has 1 heterocycles.